The maximum Gasteiger partial charge on any atom is 0.341 e. The third kappa shape index (κ3) is 6.48. The number of hydrogen-bond acceptors (Lipinski definition) is 6. The molecule has 0 aliphatic carbocycles. The smallest absolute Gasteiger partial charge is 0.341 e. The van der Waals surface area contributed by atoms with Crippen molar-refractivity contribution in [2.75, 3.05) is 19.0 Å². The number of esters is 1. The molecule has 8 heteroatoms. The van der Waals surface area contributed by atoms with Gasteiger partial charge < -0.3 is 19.5 Å². The van der Waals surface area contributed by atoms with Gasteiger partial charge >= 0.3 is 5.97 Å². The Morgan fingerprint density at radius 1 is 1.12 bits per heavy atom. The Balaban J connectivity index is 1.72. The molecule has 0 aliphatic heterocycles. The number of carbonyl (C=O) groups excluding carboxylic acids is 2. The third-order valence-corrected chi connectivity index (χ3v) is 6.69. The van der Waals surface area contributed by atoms with E-state index in [1.54, 1.807) is 20.1 Å². The lowest BCUT2D eigenvalue weighted by Crippen LogP contribution is -2.12. The molecular weight excluding hydrogens is 518 g/mol. The number of benzene rings is 2. The van der Waals surface area contributed by atoms with Gasteiger partial charge in [-0.05, 0) is 74.4 Å². The number of halogens is 1. The summed E-state index contributed by atoms with van der Waals surface area (Å²) < 4.78 is 17.4. The Morgan fingerprint density at radius 3 is 2.53 bits per heavy atom. The zero-order valence-corrected chi connectivity index (χ0v) is 21.8. The van der Waals surface area contributed by atoms with E-state index >= 15 is 0 Å². The van der Waals surface area contributed by atoms with Gasteiger partial charge in [-0.25, -0.2) is 4.79 Å². The van der Waals surface area contributed by atoms with E-state index in [-0.39, 0.29) is 12.5 Å². The van der Waals surface area contributed by atoms with E-state index < -0.39 is 5.97 Å². The van der Waals surface area contributed by atoms with Gasteiger partial charge in [0.15, 0.2) is 0 Å². The Bertz CT molecular complexity index is 1200. The second-order valence-electron chi connectivity index (χ2n) is 7.34. The van der Waals surface area contributed by atoms with Crippen LogP contribution in [0.5, 0.6) is 11.5 Å². The number of methoxy groups -OCH3 is 1. The molecule has 1 heterocycles. The first-order valence-electron chi connectivity index (χ1n) is 10.6. The molecule has 178 valence electrons. The van der Waals surface area contributed by atoms with Crippen molar-refractivity contribution in [3.8, 4) is 11.5 Å². The van der Waals surface area contributed by atoms with Crippen LogP contribution in [0.2, 0.25) is 0 Å². The minimum absolute atomic E-state index is 0.270. The highest BCUT2D eigenvalue weighted by Gasteiger charge is 2.21. The van der Waals surface area contributed by atoms with E-state index in [1.807, 2.05) is 56.3 Å². The van der Waals surface area contributed by atoms with Gasteiger partial charge in [-0.1, -0.05) is 22.0 Å². The summed E-state index contributed by atoms with van der Waals surface area (Å²) in [6.07, 6.45) is 3.13. The third-order valence-electron chi connectivity index (χ3n) is 5.04. The first-order valence-corrected chi connectivity index (χ1v) is 12.2. The molecule has 3 aromatic rings. The number of hydrogen-bond donors (Lipinski definition) is 1. The van der Waals surface area contributed by atoms with Gasteiger partial charge in [0.05, 0.1) is 19.3 Å². The second kappa shape index (κ2) is 11.9. The van der Waals surface area contributed by atoms with Crippen LogP contribution in [0.1, 0.15) is 38.8 Å². The summed E-state index contributed by atoms with van der Waals surface area (Å²) in [6.45, 7) is 6.09. The molecule has 6 nitrogen and oxygen atoms in total. The molecule has 0 fully saturated rings. The van der Waals surface area contributed by atoms with E-state index in [4.69, 9.17) is 14.2 Å². The predicted molar refractivity (Wildman–Crippen MR) is 139 cm³/mol. The summed E-state index contributed by atoms with van der Waals surface area (Å²) in [5.41, 5.74) is 2.88. The lowest BCUT2D eigenvalue weighted by molar-refractivity contribution is -0.111. The molecule has 0 spiro atoms. The molecule has 2 aromatic carbocycles. The summed E-state index contributed by atoms with van der Waals surface area (Å²) in [4.78, 5) is 25.9. The van der Waals surface area contributed by atoms with Crippen LogP contribution in [0.3, 0.4) is 0 Å². The summed E-state index contributed by atoms with van der Waals surface area (Å²) >= 11 is 4.76. The van der Waals surface area contributed by atoms with Crippen LogP contribution >= 0.6 is 27.3 Å². The first kappa shape index (κ1) is 25.5. The quantitative estimate of drug-likeness (QED) is 0.245. The average Bonchev–Trinajstić information content (AvgIpc) is 3.10. The van der Waals surface area contributed by atoms with Crippen LogP contribution < -0.4 is 14.8 Å². The molecule has 1 amide bonds. The van der Waals surface area contributed by atoms with Crippen molar-refractivity contribution in [3.05, 3.63) is 80.1 Å². The van der Waals surface area contributed by atoms with Crippen LogP contribution in [-0.2, 0) is 16.1 Å². The Hall–Kier alpha value is -3.10. The molecular formula is C26H26BrNO5S. The highest BCUT2D eigenvalue weighted by Crippen LogP contribution is 2.33. The van der Waals surface area contributed by atoms with Crippen LogP contribution in [0.25, 0.3) is 6.08 Å². The van der Waals surface area contributed by atoms with Crippen LogP contribution in [-0.4, -0.2) is 25.6 Å². The van der Waals surface area contributed by atoms with Gasteiger partial charge in [0.1, 0.15) is 23.1 Å². The predicted octanol–water partition coefficient (Wildman–Crippen LogP) is 6.54. The average molecular weight is 544 g/mol. The van der Waals surface area contributed by atoms with E-state index in [0.717, 1.165) is 31.8 Å². The van der Waals surface area contributed by atoms with E-state index in [9.17, 15) is 9.59 Å². The maximum absolute atomic E-state index is 12.6. The lowest BCUT2D eigenvalue weighted by atomic mass is 10.1. The molecule has 1 aromatic heterocycles. The minimum Gasteiger partial charge on any atom is -0.496 e. The maximum atomic E-state index is 12.6. The summed E-state index contributed by atoms with van der Waals surface area (Å²) in [5, 5.41) is 3.30. The fourth-order valence-electron chi connectivity index (χ4n) is 3.20. The number of nitrogens with one attached hydrogen (secondary N) is 1. The van der Waals surface area contributed by atoms with Crippen molar-refractivity contribution in [3.63, 3.8) is 0 Å². The van der Waals surface area contributed by atoms with E-state index in [2.05, 4.69) is 21.2 Å². The Kier molecular flexibility index (Phi) is 8.90. The van der Waals surface area contributed by atoms with Crippen molar-refractivity contribution >= 4 is 50.2 Å². The molecule has 0 bridgehead atoms. The molecule has 0 aliphatic rings. The van der Waals surface area contributed by atoms with Crippen molar-refractivity contribution in [2.24, 2.45) is 0 Å². The van der Waals surface area contributed by atoms with Crippen molar-refractivity contribution in [2.45, 2.75) is 27.4 Å². The van der Waals surface area contributed by atoms with E-state index in [1.165, 1.54) is 17.4 Å². The van der Waals surface area contributed by atoms with Gasteiger partial charge in [0.25, 0.3) is 0 Å². The normalized spacial score (nSPS) is 10.9. The Labute approximate surface area is 211 Å². The molecule has 0 atom stereocenters. The highest BCUT2D eigenvalue weighted by atomic mass is 79.9. The van der Waals surface area contributed by atoms with Crippen molar-refractivity contribution in [1.29, 1.82) is 0 Å². The zero-order chi connectivity index (χ0) is 24.7. The monoisotopic (exact) mass is 543 g/mol. The van der Waals surface area contributed by atoms with Crippen molar-refractivity contribution < 1.29 is 23.8 Å². The summed E-state index contributed by atoms with van der Waals surface area (Å²) in [5.74, 6) is 0.663. The van der Waals surface area contributed by atoms with Crippen LogP contribution in [0.4, 0.5) is 5.00 Å². The van der Waals surface area contributed by atoms with Crippen LogP contribution in [0, 0.1) is 13.8 Å². The first-order chi connectivity index (χ1) is 16.3. The van der Waals surface area contributed by atoms with Gasteiger partial charge in [-0.3, -0.25) is 4.79 Å². The topological polar surface area (TPSA) is 73.9 Å². The van der Waals surface area contributed by atoms with Crippen LogP contribution in [0.15, 0.2) is 53.0 Å². The molecule has 34 heavy (non-hydrogen) atoms. The molecule has 0 saturated carbocycles. The largest absolute Gasteiger partial charge is 0.496 e. The molecule has 1 N–H and O–H groups in total. The lowest BCUT2D eigenvalue weighted by Gasteiger charge is -2.11. The fraction of sp³-hybridized carbons (Fsp3) is 0.231. The minimum atomic E-state index is -0.436. The van der Waals surface area contributed by atoms with Crippen molar-refractivity contribution in [1.82, 2.24) is 0 Å². The van der Waals surface area contributed by atoms with Gasteiger partial charge in [-0.15, -0.1) is 11.3 Å². The molecule has 0 unspecified atom stereocenters. The van der Waals surface area contributed by atoms with Gasteiger partial charge in [0, 0.05) is 21.0 Å². The highest BCUT2D eigenvalue weighted by molar-refractivity contribution is 9.10. The second-order valence-corrected chi connectivity index (χ2v) is 9.48. The van der Waals surface area contributed by atoms with Gasteiger partial charge in [0.2, 0.25) is 5.91 Å². The molecule has 0 radical (unpaired) electrons. The number of ether oxygens (including phenoxy) is 3. The number of thiophene rings is 1. The zero-order valence-electron chi connectivity index (χ0n) is 19.4. The molecule has 0 saturated heterocycles. The SMILES string of the molecule is CCOC(=O)c1c(NC(=O)C=Cc2ccc(OC)c(COc3ccc(Br)cc3)c2)sc(C)c1C. The number of anilines is 1. The van der Waals surface area contributed by atoms with Gasteiger partial charge in [-0.2, -0.15) is 0 Å². The molecule has 3 rings (SSSR count). The number of carbonyl (C=O) groups is 2. The number of aryl methyl sites for hydroxylation is 1. The summed E-state index contributed by atoms with van der Waals surface area (Å²) in [7, 11) is 1.60. The number of rotatable bonds is 9. The standard InChI is InChI=1S/C26H26BrNO5S/c1-5-32-26(30)24-16(2)17(3)34-25(24)28-23(29)13-7-18-6-12-22(31-4)19(14-18)15-33-21-10-8-20(27)9-11-21/h6-14H,5,15H2,1-4H3,(H,28,29). The summed E-state index contributed by atoms with van der Waals surface area (Å²) in [6, 6.07) is 13.2. The Morgan fingerprint density at radius 2 is 1.85 bits per heavy atom. The van der Waals surface area contributed by atoms with E-state index in [0.29, 0.717) is 22.9 Å². The fourth-order valence-corrected chi connectivity index (χ4v) is 4.51. The number of amides is 1.